The molecule has 2 aromatic carbocycles. The van der Waals surface area contributed by atoms with E-state index in [1.165, 1.54) is 0 Å². The van der Waals surface area contributed by atoms with E-state index in [9.17, 15) is 4.79 Å². The van der Waals surface area contributed by atoms with E-state index in [-0.39, 0.29) is 5.91 Å². The third kappa shape index (κ3) is 3.30. The van der Waals surface area contributed by atoms with Crippen molar-refractivity contribution in [2.45, 2.75) is 6.04 Å². The van der Waals surface area contributed by atoms with Crippen LogP contribution in [0, 0.1) is 3.57 Å². The molecule has 92 valence electrons. The van der Waals surface area contributed by atoms with Crippen molar-refractivity contribution in [1.29, 1.82) is 0 Å². The van der Waals surface area contributed by atoms with Crippen LogP contribution in [0.25, 0.3) is 0 Å². The van der Waals surface area contributed by atoms with E-state index in [2.05, 4.69) is 27.9 Å². The Hall–Kier alpha value is -1.40. The minimum atomic E-state index is -0.649. The van der Waals surface area contributed by atoms with Crippen molar-refractivity contribution in [1.82, 2.24) is 0 Å². The van der Waals surface area contributed by atoms with Gasteiger partial charge in [-0.3, -0.25) is 4.79 Å². The summed E-state index contributed by atoms with van der Waals surface area (Å²) in [6, 6.07) is 16.3. The number of carbonyl (C=O) groups is 1. The van der Waals surface area contributed by atoms with Gasteiger partial charge in [0.25, 0.3) is 0 Å². The van der Waals surface area contributed by atoms with Gasteiger partial charge in [-0.25, -0.2) is 0 Å². The van der Waals surface area contributed by atoms with Crippen molar-refractivity contribution in [3.8, 4) is 0 Å². The first-order chi connectivity index (χ1) is 8.66. The molecule has 0 aliphatic heterocycles. The number of hydrogen-bond donors (Lipinski definition) is 2. The largest absolute Gasteiger partial charge is 0.324 e. The molecule has 0 saturated heterocycles. The summed E-state index contributed by atoms with van der Waals surface area (Å²) >= 11 is 2.20. The van der Waals surface area contributed by atoms with Crippen molar-refractivity contribution in [3.63, 3.8) is 0 Å². The normalized spacial score (nSPS) is 11.9. The van der Waals surface area contributed by atoms with E-state index in [0.717, 1.165) is 14.8 Å². The van der Waals surface area contributed by atoms with Gasteiger partial charge in [-0.1, -0.05) is 36.4 Å². The molecule has 1 atom stereocenters. The molecule has 0 fully saturated rings. The highest BCUT2D eigenvalue weighted by atomic mass is 127. The molecule has 0 unspecified atom stereocenters. The number of rotatable bonds is 3. The summed E-state index contributed by atoms with van der Waals surface area (Å²) in [6.07, 6.45) is 0. The molecule has 3 N–H and O–H groups in total. The van der Waals surface area contributed by atoms with Gasteiger partial charge in [0.15, 0.2) is 0 Å². The molecular formula is C14H13IN2O. The lowest BCUT2D eigenvalue weighted by Gasteiger charge is -2.12. The average Bonchev–Trinajstić information content (AvgIpc) is 2.39. The predicted octanol–water partition coefficient (Wildman–Crippen LogP) is 2.93. The Morgan fingerprint density at radius 3 is 2.50 bits per heavy atom. The Bertz CT molecular complexity index is 543. The maximum absolute atomic E-state index is 12.0. The van der Waals surface area contributed by atoms with Crippen molar-refractivity contribution in [3.05, 3.63) is 63.7 Å². The number of nitrogens with one attached hydrogen (secondary N) is 1. The van der Waals surface area contributed by atoms with Gasteiger partial charge < -0.3 is 11.1 Å². The van der Waals surface area contributed by atoms with Gasteiger partial charge in [0, 0.05) is 9.26 Å². The first-order valence-corrected chi connectivity index (χ1v) is 6.61. The third-order valence-electron chi connectivity index (χ3n) is 2.53. The van der Waals surface area contributed by atoms with Gasteiger partial charge in [-0.2, -0.15) is 0 Å². The Kier molecular flexibility index (Phi) is 4.33. The van der Waals surface area contributed by atoms with Crippen molar-refractivity contribution in [2.24, 2.45) is 5.73 Å². The maximum Gasteiger partial charge on any atom is 0.245 e. The molecule has 0 aromatic heterocycles. The lowest BCUT2D eigenvalue weighted by atomic mass is 10.1. The fraction of sp³-hybridized carbons (Fsp3) is 0.0714. The van der Waals surface area contributed by atoms with Crippen LogP contribution in [0.1, 0.15) is 11.6 Å². The molecule has 0 heterocycles. The zero-order chi connectivity index (χ0) is 13.0. The smallest absolute Gasteiger partial charge is 0.245 e. The molecule has 2 aromatic rings. The van der Waals surface area contributed by atoms with Gasteiger partial charge in [0.05, 0.1) is 0 Å². The highest BCUT2D eigenvalue weighted by molar-refractivity contribution is 14.1. The summed E-state index contributed by atoms with van der Waals surface area (Å²) in [6.45, 7) is 0. The number of benzene rings is 2. The van der Waals surface area contributed by atoms with Crippen LogP contribution in [0.5, 0.6) is 0 Å². The Morgan fingerprint density at radius 1 is 1.11 bits per heavy atom. The summed E-state index contributed by atoms with van der Waals surface area (Å²) in [5, 5.41) is 2.81. The van der Waals surface area contributed by atoms with Gasteiger partial charge >= 0.3 is 0 Å². The third-order valence-corrected chi connectivity index (χ3v) is 3.20. The van der Waals surface area contributed by atoms with Crippen LogP contribution in [-0.4, -0.2) is 5.91 Å². The first-order valence-electron chi connectivity index (χ1n) is 5.54. The monoisotopic (exact) mass is 352 g/mol. The van der Waals surface area contributed by atoms with Gasteiger partial charge in [0.2, 0.25) is 5.91 Å². The van der Waals surface area contributed by atoms with Crippen molar-refractivity contribution >= 4 is 34.2 Å². The van der Waals surface area contributed by atoms with Crippen LogP contribution in [-0.2, 0) is 4.79 Å². The van der Waals surface area contributed by atoms with E-state index in [4.69, 9.17) is 5.73 Å². The van der Waals surface area contributed by atoms with Crippen LogP contribution in [0.4, 0.5) is 5.69 Å². The van der Waals surface area contributed by atoms with Crippen LogP contribution < -0.4 is 11.1 Å². The molecule has 0 radical (unpaired) electrons. The van der Waals surface area contributed by atoms with E-state index in [0.29, 0.717) is 0 Å². The Labute approximate surface area is 120 Å². The number of amides is 1. The number of hydrogen-bond acceptors (Lipinski definition) is 2. The lowest BCUT2D eigenvalue weighted by molar-refractivity contribution is -0.117. The quantitative estimate of drug-likeness (QED) is 0.835. The maximum atomic E-state index is 12.0. The van der Waals surface area contributed by atoms with Gasteiger partial charge in [-0.15, -0.1) is 0 Å². The number of nitrogens with two attached hydrogens (primary N) is 1. The molecule has 2 rings (SSSR count). The standard InChI is InChI=1S/C14H13IN2O/c15-11-7-4-8-12(9-11)17-14(18)13(16)10-5-2-1-3-6-10/h1-9,13H,16H2,(H,17,18)/t13-/m1/s1. The average molecular weight is 352 g/mol. The summed E-state index contributed by atoms with van der Waals surface area (Å²) in [5.41, 5.74) is 7.48. The van der Waals surface area contributed by atoms with Gasteiger partial charge in [0.1, 0.15) is 6.04 Å². The molecule has 1 amide bonds. The predicted molar refractivity (Wildman–Crippen MR) is 81.2 cm³/mol. The zero-order valence-electron chi connectivity index (χ0n) is 9.64. The minimum Gasteiger partial charge on any atom is -0.324 e. The van der Waals surface area contributed by atoms with E-state index in [1.54, 1.807) is 0 Å². The summed E-state index contributed by atoms with van der Waals surface area (Å²) in [5.74, 6) is -0.205. The van der Waals surface area contributed by atoms with Crippen molar-refractivity contribution < 1.29 is 4.79 Å². The van der Waals surface area contributed by atoms with Crippen LogP contribution >= 0.6 is 22.6 Å². The SMILES string of the molecule is N[C@@H](C(=O)Nc1cccc(I)c1)c1ccccc1. The highest BCUT2D eigenvalue weighted by Gasteiger charge is 2.15. The fourth-order valence-corrected chi connectivity index (χ4v) is 2.14. The number of carbonyl (C=O) groups excluding carboxylic acids is 1. The molecule has 18 heavy (non-hydrogen) atoms. The summed E-state index contributed by atoms with van der Waals surface area (Å²) < 4.78 is 1.07. The minimum absolute atomic E-state index is 0.205. The summed E-state index contributed by atoms with van der Waals surface area (Å²) in [7, 11) is 0. The topological polar surface area (TPSA) is 55.1 Å². The number of anilines is 1. The molecular weight excluding hydrogens is 339 g/mol. The molecule has 0 aliphatic carbocycles. The van der Waals surface area contributed by atoms with Crippen molar-refractivity contribution in [2.75, 3.05) is 5.32 Å². The van der Waals surface area contributed by atoms with E-state index >= 15 is 0 Å². The molecule has 3 nitrogen and oxygen atoms in total. The second-order valence-electron chi connectivity index (χ2n) is 3.89. The molecule has 4 heteroatoms. The lowest BCUT2D eigenvalue weighted by Crippen LogP contribution is -2.27. The fourth-order valence-electron chi connectivity index (χ4n) is 1.60. The second-order valence-corrected chi connectivity index (χ2v) is 5.13. The second kappa shape index (κ2) is 5.97. The molecule has 0 spiro atoms. The van der Waals surface area contributed by atoms with Crippen LogP contribution in [0.15, 0.2) is 54.6 Å². The van der Waals surface area contributed by atoms with E-state index < -0.39 is 6.04 Å². The van der Waals surface area contributed by atoms with E-state index in [1.807, 2.05) is 54.6 Å². The Morgan fingerprint density at radius 2 is 1.83 bits per heavy atom. The highest BCUT2D eigenvalue weighted by Crippen LogP contribution is 2.15. The summed E-state index contributed by atoms with van der Waals surface area (Å²) in [4.78, 5) is 12.0. The van der Waals surface area contributed by atoms with Gasteiger partial charge in [-0.05, 0) is 46.4 Å². The molecule has 0 aliphatic rings. The number of halogens is 1. The first kappa shape index (κ1) is 13.0. The van der Waals surface area contributed by atoms with Crippen LogP contribution in [0.3, 0.4) is 0 Å². The van der Waals surface area contributed by atoms with Crippen LogP contribution in [0.2, 0.25) is 0 Å². The molecule has 0 saturated carbocycles. The molecule has 0 bridgehead atoms. The Balaban J connectivity index is 2.09. The zero-order valence-corrected chi connectivity index (χ0v) is 11.8.